The van der Waals surface area contributed by atoms with Crippen LogP contribution in [0.1, 0.15) is 17.3 Å². The molecule has 0 aliphatic heterocycles. The Morgan fingerprint density at radius 1 is 1.14 bits per heavy atom. The number of carbonyl (C=O) groups excluding carboxylic acids is 2. The monoisotopic (exact) mass is 432 g/mol. The van der Waals surface area contributed by atoms with Crippen LogP contribution in [0.15, 0.2) is 53.7 Å². The molecule has 0 spiro atoms. The first kappa shape index (κ1) is 20.6. The highest BCUT2D eigenvalue weighted by atomic mass is 35.5. The molecule has 29 heavy (non-hydrogen) atoms. The van der Waals surface area contributed by atoms with Crippen LogP contribution in [0.3, 0.4) is 0 Å². The first-order valence-corrected chi connectivity index (χ1v) is 9.93. The van der Waals surface area contributed by atoms with Gasteiger partial charge in [0.05, 0.1) is 12.4 Å². The Balaban J connectivity index is 1.57. The van der Waals surface area contributed by atoms with E-state index in [2.05, 4.69) is 26.4 Å². The largest absolute Gasteiger partial charge is 0.492 e. The highest BCUT2D eigenvalue weighted by Gasteiger charge is 2.15. The number of aromatic nitrogens is 4. The van der Waals surface area contributed by atoms with Crippen molar-refractivity contribution >= 4 is 35.2 Å². The van der Waals surface area contributed by atoms with Crippen LogP contribution in [0.25, 0.3) is 5.69 Å². The summed E-state index contributed by atoms with van der Waals surface area (Å²) in [6.07, 6.45) is 0. The van der Waals surface area contributed by atoms with Crippen LogP contribution in [0.5, 0.6) is 5.75 Å². The van der Waals surface area contributed by atoms with E-state index in [-0.39, 0.29) is 5.75 Å². The number of thioether (sulfide) groups is 1. The maximum atomic E-state index is 12.1. The van der Waals surface area contributed by atoms with E-state index in [1.165, 1.54) is 4.68 Å². The predicted molar refractivity (Wildman–Crippen MR) is 108 cm³/mol. The summed E-state index contributed by atoms with van der Waals surface area (Å²) in [5, 5.41) is 12.5. The molecule has 1 heterocycles. The molecule has 150 valence electrons. The Morgan fingerprint density at radius 2 is 1.90 bits per heavy atom. The minimum absolute atomic E-state index is 0.00191. The maximum absolute atomic E-state index is 12.1. The third-order valence-corrected chi connectivity index (χ3v) is 4.76. The van der Waals surface area contributed by atoms with Gasteiger partial charge in [0.25, 0.3) is 5.91 Å². The highest BCUT2D eigenvalue weighted by Crippen LogP contribution is 2.25. The molecular formula is C18H17ClN6O3S. The molecule has 3 rings (SSSR count). The molecule has 2 N–H and O–H groups in total. The number of rotatable bonds is 7. The molecule has 3 aromatic rings. The van der Waals surface area contributed by atoms with Crippen molar-refractivity contribution in [2.24, 2.45) is 0 Å². The van der Waals surface area contributed by atoms with E-state index in [9.17, 15) is 9.59 Å². The number of benzene rings is 2. The van der Waals surface area contributed by atoms with Crippen LogP contribution >= 0.6 is 23.4 Å². The van der Waals surface area contributed by atoms with Crippen LogP contribution in [0.4, 0.5) is 0 Å². The molecule has 11 heteroatoms. The normalized spacial score (nSPS) is 10.4. The van der Waals surface area contributed by atoms with E-state index in [0.717, 1.165) is 11.8 Å². The van der Waals surface area contributed by atoms with Gasteiger partial charge in [0, 0.05) is 10.6 Å². The lowest BCUT2D eigenvalue weighted by Gasteiger charge is -2.10. The van der Waals surface area contributed by atoms with Gasteiger partial charge in [-0.2, -0.15) is 4.68 Å². The van der Waals surface area contributed by atoms with E-state index in [4.69, 9.17) is 16.3 Å². The van der Waals surface area contributed by atoms with Gasteiger partial charge in [0.15, 0.2) is 0 Å². The standard InChI is InChI=1S/C18H17ClN6O3S/c1-2-28-15-6-4-3-5-14(15)25-18(22-23-24-25)29-11-16(26)20-21-17(27)12-7-9-13(19)10-8-12/h3-10H,2,11H2,1H3,(H,20,26)(H,21,27). The zero-order valence-corrected chi connectivity index (χ0v) is 16.9. The summed E-state index contributed by atoms with van der Waals surface area (Å²) in [7, 11) is 0. The van der Waals surface area contributed by atoms with Gasteiger partial charge in [-0.05, 0) is 53.7 Å². The number of ether oxygens (including phenoxy) is 1. The van der Waals surface area contributed by atoms with Crippen LogP contribution in [0, 0.1) is 0 Å². The van der Waals surface area contributed by atoms with Crippen molar-refractivity contribution in [3.63, 3.8) is 0 Å². The van der Waals surface area contributed by atoms with E-state index in [1.807, 2.05) is 31.2 Å². The minimum Gasteiger partial charge on any atom is -0.492 e. The van der Waals surface area contributed by atoms with Gasteiger partial charge < -0.3 is 4.74 Å². The number of tetrazole rings is 1. The molecule has 0 radical (unpaired) electrons. The fourth-order valence-electron chi connectivity index (χ4n) is 2.30. The molecule has 0 fully saturated rings. The number of nitrogens with one attached hydrogen (secondary N) is 2. The molecule has 0 saturated heterocycles. The first-order valence-electron chi connectivity index (χ1n) is 8.56. The Labute approximate surface area is 175 Å². The molecule has 0 saturated carbocycles. The molecule has 2 amide bonds. The van der Waals surface area contributed by atoms with Gasteiger partial charge in [-0.15, -0.1) is 5.10 Å². The first-order chi connectivity index (χ1) is 14.1. The van der Waals surface area contributed by atoms with E-state index in [0.29, 0.717) is 33.8 Å². The summed E-state index contributed by atoms with van der Waals surface area (Å²) in [6.45, 7) is 2.38. The van der Waals surface area contributed by atoms with Gasteiger partial charge in [0.1, 0.15) is 11.4 Å². The SMILES string of the molecule is CCOc1ccccc1-n1nnnc1SCC(=O)NNC(=O)c1ccc(Cl)cc1. The van der Waals surface area contributed by atoms with Crippen molar-refractivity contribution in [1.29, 1.82) is 0 Å². The van der Waals surface area contributed by atoms with Crippen LogP contribution in [0.2, 0.25) is 5.02 Å². The Morgan fingerprint density at radius 3 is 2.66 bits per heavy atom. The summed E-state index contributed by atoms with van der Waals surface area (Å²) < 4.78 is 7.09. The second-order valence-electron chi connectivity index (χ2n) is 5.57. The Bertz CT molecular complexity index is 995. The summed E-state index contributed by atoms with van der Waals surface area (Å²) in [5.41, 5.74) is 5.74. The number of hydrogen-bond donors (Lipinski definition) is 2. The number of nitrogens with zero attached hydrogens (tertiary/aromatic N) is 4. The molecule has 2 aromatic carbocycles. The van der Waals surface area contributed by atoms with Crippen molar-refractivity contribution in [3.8, 4) is 11.4 Å². The molecule has 0 aliphatic rings. The zero-order valence-electron chi connectivity index (χ0n) is 15.3. The number of para-hydroxylation sites is 2. The lowest BCUT2D eigenvalue weighted by Crippen LogP contribution is -2.42. The highest BCUT2D eigenvalue weighted by molar-refractivity contribution is 7.99. The number of hydrogen-bond acceptors (Lipinski definition) is 7. The van der Waals surface area contributed by atoms with Crippen molar-refractivity contribution < 1.29 is 14.3 Å². The Hall–Kier alpha value is -3.11. The minimum atomic E-state index is -0.449. The molecule has 9 nitrogen and oxygen atoms in total. The average Bonchev–Trinajstić information content (AvgIpc) is 3.20. The van der Waals surface area contributed by atoms with E-state index >= 15 is 0 Å². The molecule has 0 bridgehead atoms. The quantitative estimate of drug-likeness (QED) is 0.435. The number of amides is 2. The van der Waals surface area contributed by atoms with Gasteiger partial charge in [0.2, 0.25) is 11.1 Å². The fourth-order valence-corrected chi connectivity index (χ4v) is 3.11. The second-order valence-corrected chi connectivity index (χ2v) is 6.95. The van der Waals surface area contributed by atoms with Crippen molar-refractivity contribution in [2.75, 3.05) is 12.4 Å². The lowest BCUT2D eigenvalue weighted by molar-refractivity contribution is -0.119. The molecule has 0 atom stereocenters. The van der Waals surface area contributed by atoms with Crippen LogP contribution < -0.4 is 15.6 Å². The van der Waals surface area contributed by atoms with Crippen molar-refractivity contribution in [3.05, 3.63) is 59.1 Å². The van der Waals surface area contributed by atoms with Gasteiger partial charge in [-0.25, -0.2) is 0 Å². The predicted octanol–water partition coefficient (Wildman–Crippen LogP) is 2.27. The topological polar surface area (TPSA) is 111 Å². The summed E-state index contributed by atoms with van der Waals surface area (Å²) in [6, 6.07) is 13.6. The second kappa shape index (κ2) is 9.89. The van der Waals surface area contributed by atoms with Gasteiger partial charge in [-0.1, -0.05) is 35.5 Å². The van der Waals surface area contributed by atoms with Crippen molar-refractivity contribution in [2.45, 2.75) is 12.1 Å². The zero-order chi connectivity index (χ0) is 20.6. The van der Waals surface area contributed by atoms with Gasteiger partial charge in [-0.3, -0.25) is 20.4 Å². The number of halogens is 1. The smallest absolute Gasteiger partial charge is 0.269 e. The third-order valence-electron chi connectivity index (χ3n) is 3.59. The molecule has 1 aromatic heterocycles. The van der Waals surface area contributed by atoms with Crippen LogP contribution in [-0.4, -0.2) is 44.4 Å². The molecule has 0 aliphatic carbocycles. The molecule has 0 unspecified atom stereocenters. The third kappa shape index (κ3) is 5.46. The summed E-state index contributed by atoms with van der Waals surface area (Å²) in [5.74, 6) is -0.234. The lowest BCUT2D eigenvalue weighted by atomic mass is 10.2. The number of carbonyl (C=O) groups is 2. The maximum Gasteiger partial charge on any atom is 0.269 e. The van der Waals surface area contributed by atoms with Gasteiger partial charge >= 0.3 is 0 Å². The molecular weight excluding hydrogens is 416 g/mol. The van der Waals surface area contributed by atoms with Crippen LogP contribution in [-0.2, 0) is 4.79 Å². The van der Waals surface area contributed by atoms with Crippen molar-refractivity contribution in [1.82, 2.24) is 31.1 Å². The summed E-state index contributed by atoms with van der Waals surface area (Å²) >= 11 is 6.91. The van der Waals surface area contributed by atoms with E-state index in [1.54, 1.807) is 24.3 Å². The number of hydrazine groups is 1. The average molecular weight is 433 g/mol. The van der Waals surface area contributed by atoms with E-state index < -0.39 is 11.8 Å². The fraction of sp³-hybridized carbons (Fsp3) is 0.167. The Kier molecular flexibility index (Phi) is 7.04. The summed E-state index contributed by atoms with van der Waals surface area (Å²) in [4.78, 5) is 24.1.